The van der Waals surface area contributed by atoms with E-state index < -0.39 is 5.92 Å². The fourth-order valence-electron chi connectivity index (χ4n) is 2.03. The van der Waals surface area contributed by atoms with Gasteiger partial charge in [-0.3, -0.25) is 4.79 Å². The molecule has 0 spiro atoms. The molecule has 94 valence electrons. The molecule has 2 unspecified atom stereocenters. The molecule has 2 atom stereocenters. The average Bonchev–Trinajstić information content (AvgIpc) is 2.38. The van der Waals surface area contributed by atoms with Crippen LogP contribution in [0.25, 0.3) is 0 Å². The van der Waals surface area contributed by atoms with Crippen LogP contribution in [0.2, 0.25) is 0 Å². The number of benzene rings is 1. The largest absolute Gasteiger partial charge is 0.468 e. The Morgan fingerprint density at radius 3 is 2.67 bits per heavy atom. The minimum absolute atomic E-state index is 0.250. The summed E-state index contributed by atoms with van der Waals surface area (Å²) in [4.78, 5) is 11.9. The molecule has 5 heteroatoms. The van der Waals surface area contributed by atoms with E-state index in [-0.39, 0.29) is 12.0 Å². The van der Waals surface area contributed by atoms with Crippen molar-refractivity contribution in [2.24, 2.45) is 5.92 Å². The molecule has 0 saturated carbocycles. The monoisotopic (exact) mass is 262 g/mol. The van der Waals surface area contributed by atoms with Crippen molar-refractivity contribution < 1.29 is 9.53 Å². The van der Waals surface area contributed by atoms with Gasteiger partial charge in [-0.05, 0) is 17.8 Å². The van der Waals surface area contributed by atoms with Gasteiger partial charge < -0.3 is 15.4 Å². The van der Waals surface area contributed by atoms with Crippen LogP contribution in [0.3, 0.4) is 0 Å². The van der Waals surface area contributed by atoms with Gasteiger partial charge in [-0.1, -0.05) is 36.9 Å². The lowest BCUT2D eigenvalue weighted by Crippen LogP contribution is -2.50. The van der Waals surface area contributed by atoms with Gasteiger partial charge in [-0.15, -0.1) is 0 Å². The van der Waals surface area contributed by atoms with Gasteiger partial charge in [0.2, 0.25) is 0 Å². The molecule has 1 aliphatic rings. The van der Waals surface area contributed by atoms with Gasteiger partial charge in [0, 0.05) is 5.70 Å². The van der Waals surface area contributed by atoms with Crippen LogP contribution in [0.1, 0.15) is 11.6 Å². The average molecular weight is 262 g/mol. The van der Waals surface area contributed by atoms with Crippen LogP contribution in [-0.4, -0.2) is 18.2 Å². The number of methoxy groups -OCH3 is 1. The van der Waals surface area contributed by atoms with Crippen LogP contribution in [0.15, 0.2) is 42.6 Å². The maximum absolute atomic E-state index is 11.9. The van der Waals surface area contributed by atoms with E-state index in [0.29, 0.717) is 10.8 Å². The van der Waals surface area contributed by atoms with Crippen molar-refractivity contribution in [3.05, 3.63) is 48.2 Å². The van der Waals surface area contributed by atoms with Gasteiger partial charge >= 0.3 is 5.97 Å². The molecule has 0 bridgehead atoms. The highest BCUT2D eigenvalue weighted by atomic mass is 32.1. The Morgan fingerprint density at radius 1 is 1.39 bits per heavy atom. The summed E-state index contributed by atoms with van der Waals surface area (Å²) in [6.07, 6.45) is 0. The molecule has 1 saturated heterocycles. The van der Waals surface area contributed by atoms with Gasteiger partial charge in [0.25, 0.3) is 0 Å². The molecule has 0 aromatic heterocycles. The fraction of sp³-hybridized carbons (Fsp3) is 0.231. The van der Waals surface area contributed by atoms with Crippen molar-refractivity contribution >= 4 is 23.3 Å². The Hall–Kier alpha value is -1.88. The second-order valence-corrected chi connectivity index (χ2v) is 4.42. The van der Waals surface area contributed by atoms with Crippen molar-refractivity contribution in [2.45, 2.75) is 6.04 Å². The van der Waals surface area contributed by atoms with Crippen molar-refractivity contribution in [1.29, 1.82) is 0 Å². The minimum Gasteiger partial charge on any atom is -0.468 e. The van der Waals surface area contributed by atoms with Crippen LogP contribution in [0.5, 0.6) is 0 Å². The minimum atomic E-state index is -0.496. The molecule has 1 aromatic carbocycles. The molecular formula is C13H14N2O2S. The lowest BCUT2D eigenvalue weighted by Gasteiger charge is -2.34. The first-order chi connectivity index (χ1) is 8.63. The molecule has 1 aromatic rings. The van der Waals surface area contributed by atoms with Gasteiger partial charge in [0.1, 0.15) is 5.92 Å². The summed E-state index contributed by atoms with van der Waals surface area (Å²) >= 11 is 5.10. The third kappa shape index (κ3) is 2.36. The van der Waals surface area contributed by atoms with E-state index in [1.807, 2.05) is 30.3 Å². The zero-order chi connectivity index (χ0) is 13.1. The summed E-state index contributed by atoms with van der Waals surface area (Å²) in [5.74, 6) is -0.833. The summed E-state index contributed by atoms with van der Waals surface area (Å²) in [5.41, 5.74) is 1.53. The first-order valence-corrected chi connectivity index (χ1v) is 5.93. The number of nitrogens with one attached hydrogen (secondary N) is 2. The molecule has 2 rings (SSSR count). The zero-order valence-electron chi connectivity index (χ0n) is 9.97. The van der Waals surface area contributed by atoms with Crippen molar-refractivity contribution in [2.75, 3.05) is 7.11 Å². The molecule has 1 aliphatic heterocycles. The third-order valence-electron chi connectivity index (χ3n) is 2.88. The van der Waals surface area contributed by atoms with E-state index >= 15 is 0 Å². The second-order valence-electron chi connectivity index (χ2n) is 4.01. The molecule has 2 N–H and O–H groups in total. The van der Waals surface area contributed by atoms with E-state index in [1.165, 1.54) is 7.11 Å². The number of esters is 1. The standard InChI is InChI=1S/C13H14N2O2S/c1-8-10(12(16)17-2)11(15-13(18)14-8)9-6-4-3-5-7-9/h3-7,10-11H,1H2,2H3,(H2,14,15,18). The molecule has 4 nitrogen and oxygen atoms in total. The number of rotatable bonds is 2. The van der Waals surface area contributed by atoms with Gasteiger partial charge in [0.15, 0.2) is 5.11 Å². The Balaban J connectivity index is 2.36. The number of thiocarbonyl (C=S) groups is 1. The molecule has 1 heterocycles. The van der Waals surface area contributed by atoms with Crippen molar-refractivity contribution in [1.82, 2.24) is 10.6 Å². The molecular weight excluding hydrogens is 248 g/mol. The lowest BCUT2D eigenvalue weighted by atomic mass is 9.89. The van der Waals surface area contributed by atoms with Crippen LogP contribution >= 0.6 is 12.2 Å². The summed E-state index contributed by atoms with van der Waals surface area (Å²) < 4.78 is 4.82. The number of carbonyl (C=O) groups excluding carboxylic acids is 1. The zero-order valence-corrected chi connectivity index (χ0v) is 10.8. The number of carbonyl (C=O) groups is 1. The third-order valence-corrected chi connectivity index (χ3v) is 3.10. The summed E-state index contributed by atoms with van der Waals surface area (Å²) in [6.45, 7) is 3.85. The molecule has 0 aliphatic carbocycles. The summed E-state index contributed by atoms with van der Waals surface area (Å²) in [7, 11) is 1.37. The van der Waals surface area contributed by atoms with Crippen molar-refractivity contribution in [3.8, 4) is 0 Å². The van der Waals surface area contributed by atoms with E-state index in [9.17, 15) is 4.79 Å². The smallest absolute Gasteiger partial charge is 0.317 e. The van der Waals surface area contributed by atoms with Gasteiger partial charge in [-0.2, -0.15) is 0 Å². The predicted octanol–water partition coefficient (Wildman–Crippen LogP) is 1.51. The Labute approximate surface area is 111 Å². The molecule has 18 heavy (non-hydrogen) atoms. The van der Waals surface area contributed by atoms with E-state index in [1.54, 1.807) is 0 Å². The van der Waals surface area contributed by atoms with E-state index in [4.69, 9.17) is 17.0 Å². The number of ether oxygens (including phenoxy) is 1. The highest BCUT2D eigenvalue weighted by Crippen LogP contribution is 2.29. The first-order valence-electron chi connectivity index (χ1n) is 5.52. The van der Waals surface area contributed by atoms with Gasteiger partial charge in [0.05, 0.1) is 13.2 Å². The Morgan fingerprint density at radius 2 is 2.06 bits per heavy atom. The van der Waals surface area contributed by atoms with Crippen LogP contribution in [0.4, 0.5) is 0 Å². The van der Waals surface area contributed by atoms with Crippen LogP contribution in [-0.2, 0) is 9.53 Å². The SMILES string of the molecule is C=C1NC(=S)NC(c2ccccc2)C1C(=O)OC. The highest BCUT2D eigenvalue weighted by molar-refractivity contribution is 7.80. The van der Waals surface area contributed by atoms with Crippen LogP contribution < -0.4 is 10.6 Å². The lowest BCUT2D eigenvalue weighted by molar-refractivity contribution is -0.145. The Kier molecular flexibility index (Phi) is 3.62. The normalized spacial score (nSPS) is 22.9. The molecule has 0 amide bonds. The second kappa shape index (κ2) is 5.18. The quantitative estimate of drug-likeness (QED) is 0.625. The first kappa shape index (κ1) is 12.6. The molecule has 0 radical (unpaired) electrons. The fourth-order valence-corrected chi connectivity index (χ4v) is 2.28. The Bertz CT molecular complexity index is 487. The summed E-state index contributed by atoms with van der Waals surface area (Å²) in [5, 5.41) is 6.42. The molecule has 1 fully saturated rings. The van der Waals surface area contributed by atoms with Crippen LogP contribution in [0, 0.1) is 5.92 Å². The van der Waals surface area contributed by atoms with E-state index in [0.717, 1.165) is 5.56 Å². The topological polar surface area (TPSA) is 50.4 Å². The maximum Gasteiger partial charge on any atom is 0.317 e. The summed E-state index contributed by atoms with van der Waals surface area (Å²) in [6, 6.07) is 9.38. The van der Waals surface area contributed by atoms with E-state index in [2.05, 4.69) is 17.2 Å². The van der Waals surface area contributed by atoms with Crippen molar-refractivity contribution in [3.63, 3.8) is 0 Å². The predicted molar refractivity (Wildman–Crippen MR) is 72.7 cm³/mol. The number of hydrogen-bond donors (Lipinski definition) is 2. The highest BCUT2D eigenvalue weighted by Gasteiger charge is 2.37. The number of hydrogen-bond acceptors (Lipinski definition) is 3. The van der Waals surface area contributed by atoms with Gasteiger partial charge in [-0.25, -0.2) is 0 Å². The maximum atomic E-state index is 11.9.